The van der Waals surface area contributed by atoms with Crippen molar-refractivity contribution >= 4 is 5.97 Å². The molecule has 0 bridgehead atoms. The van der Waals surface area contributed by atoms with Crippen LogP contribution in [0.1, 0.15) is 0 Å². The van der Waals surface area contributed by atoms with Crippen molar-refractivity contribution in [3.8, 4) is 0 Å². The molecule has 0 saturated heterocycles. The molecule has 0 amide bonds. The summed E-state index contributed by atoms with van der Waals surface area (Å²) >= 11 is 0. The predicted octanol–water partition coefficient (Wildman–Crippen LogP) is -2.46. The van der Waals surface area contributed by atoms with E-state index in [0.717, 1.165) is 0 Å². The molecule has 0 aliphatic rings. The standard InChI is InChI=1S/C6H16N4O2.Gd/c7-1-3-9-5-6(11)12-10-4-2-8;/h9-10H,1-5,7-8H2;. The van der Waals surface area contributed by atoms with Crippen LogP contribution < -0.4 is 22.3 Å². The fraction of sp³-hybridized carbons (Fsp3) is 0.833. The molecule has 0 atom stereocenters. The molecule has 0 saturated carbocycles. The number of rotatable bonds is 7. The average molecular weight is 333 g/mol. The Morgan fingerprint density at radius 2 is 1.85 bits per heavy atom. The number of nitrogens with one attached hydrogen (secondary N) is 2. The summed E-state index contributed by atoms with van der Waals surface area (Å²) in [6.45, 7) is 2.16. The van der Waals surface area contributed by atoms with Gasteiger partial charge >= 0.3 is 5.97 Å². The first kappa shape index (κ1) is 16.1. The summed E-state index contributed by atoms with van der Waals surface area (Å²) in [6.07, 6.45) is 0. The Morgan fingerprint density at radius 3 is 2.38 bits per heavy atom. The summed E-state index contributed by atoms with van der Waals surface area (Å²) in [6, 6.07) is 0. The topological polar surface area (TPSA) is 102 Å². The summed E-state index contributed by atoms with van der Waals surface area (Å²) in [7, 11) is 0. The summed E-state index contributed by atoms with van der Waals surface area (Å²) in [5, 5.41) is 2.79. The van der Waals surface area contributed by atoms with Gasteiger partial charge in [0, 0.05) is 66.1 Å². The molecule has 0 radical (unpaired) electrons. The SMILES string of the molecule is NCCNCC(=O)ONCCN.[Gd]. The molecule has 0 aromatic rings. The molecule has 0 heterocycles. The number of carbonyl (C=O) groups is 1. The monoisotopic (exact) mass is 334 g/mol. The van der Waals surface area contributed by atoms with Gasteiger partial charge in [-0.1, -0.05) is 0 Å². The molecule has 0 aliphatic carbocycles. The van der Waals surface area contributed by atoms with Gasteiger partial charge in [-0.3, -0.25) is 0 Å². The molecule has 0 aromatic heterocycles. The third kappa shape index (κ3) is 12.6. The second kappa shape index (κ2) is 12.6. The fourth-order valence-electron chi connectivity index (χ4n) is 0.519. The minimum absolute atomic E-state index is 0. The van der Waals surface area contributed by atoms with Crippen LogP contribution in [0.3, 0.4) is 0 Å². The van der Waals surface area contributed by atoms with E-state index in [1.54, 1.807) is 0 Å². The van der Waals surface area contributed by atoms with Crippen LogP contribution in [0, 0.1) is 39.9 Å². The van der Waals surface area contributed by atoms with Gasteiger partial charge in [0.15, 0.2) is 0 Å². The van der Waals surface area contributed by atoms with Crippen molar-refractivity contribution in [2.45, 2.75) is 0 Å². The van der Waals surface area contributed by atoms with Crippen LogP contribution in [-0.4, -0.2) is 38.7 Å². The quantitative estimate of drug-likeness (QED) is 0.304. The van der Waals surface area contributed by atoms with E-state index in [1.807, 2.05) is 0 Å². The van der Waals surface area contributed by atoms with Crippen molar-refractivity contribution < 1.29 is 49.6 Å². The van der Waals surface area contributed by atoms with E-state index in [0.29, 0.717) is 26.2 Å². The van der Waals surface area contributed by atoms with Gasteiger partial charge in [0.2, 0.25) is 0 Å². The summed E-state index contributed by atoms with van der Waals surface area (Å²) < 4.78 is 0. The average Bonchev–Trinajstić information content (AvgIpc) is 2.06. The number of nitrogens with two attached hydrogens (primary N) is 2. The second-order valence-electron chi connectivity index (χ2n) is 2.12. The number of hydroxylamine groups is 1. The maximum atomic E-state index is 10.8. The zero-order valence-electron chi connectivity index (χ0n) is 7.36. The third-order valence-corrected chi connectivity index (χ3v) is 1.02. The van der Waals surface area contributed by atoms with Crippen molar-refractivity contribution in [3.63, 3.8) is 0 Å². The molecule has 13 heavy (non-hydrogen) atoms. The van der Waals surface area contributed by atoms with Crippen molar-refractivity contribution in [1.82, 2.24) is 10.8 Å². The van der Waals surface area contributed by atoms with Crippen molar-refractivity contribution in [2.24, 2.45) is 11.5 Å². The molecular weight excluding hydrogens is 317 g/mol. The zero-order chi connectivity index (χ0) is 9.23. The van der Waals surface area contributed by atoms with Gasteiger partial charge in [-0.25, -0.2) is 4.79 Å². The largest absolute Gasteiger partial charge is 0.369 e. The minimum Gasteiger partial charge on any atom is -0.369 e. The molecule has 0 aromatic carbocycles. The van der Waals surface area contributed by atoms with Gasteiger partial charge in [0.1, 0.15) is 0 Å². The number of hydrogen-bond acceptors (Lipinski definition) is 6. The van der Waals surface area contributed by atoms with Gasteiger partial charge < -0.3 is 21.6 Å². The Labute approximate surface area is 110 Å². The Bertz CT molecular complexity index is 113. The Morgan fingerprint density at radius 1 is 1.23 bits per heavy atom. The normalized spacial score (nSPS) is 9.08. The summed E-state index contributed by atoms with van der Waals surface area (Å²) in [4.78, 5) is 15.3. The Hall–Kier alpha value is 0.635. The second-order valence-corrected chi connectivity index (χ2v) is 2.12. The molecule has 80 valence electrons. The van der Waals surface area contributed by atoms with Crippen LogP contribution in [-0.2, 0) is 9.63 Å². The predicted molar refractivity (Wildman–Crippen MR) is 45.1 cm³/mol. The van der Waals surface area contributed by atoms with E-state index >= 15 is 0 Å². The first-order valence-electron chi connectivity index (χ1n) is 3.84. The Kier molecular flexibility index (Phi) is 15.6. The van der Waals surface area contributed by atoms with Crippen molar-refractivity contribution in [1.29, 1.82) is 0 Å². The molecule has 6 nitrogen and oxygen atoms in total. The van der Waals surface area contributed by atoms with E-state index in [-0.39, 0.29) is 52.5 Å². The smallest absolute Gasteiger partial charge is 0.338 e. The zero-order valence-corrected chi connectivity index (χ0v) is 9.63. The fourth-order valence-corrected chi connectivity index (χ4v) is 0.519. The van der Waals surface area contributed by atoms with Crippen LogP contribution in [0.2, 0.25) is 0 Å². The summed E-state index contributed by atoms with van der Waals surface area (Å²) in [5.41, 5.74) is 12.8. The minimum atomic E-state index is -0.364. The van der Waals surface area contributed by atoms with Crippen LogP contribution in [0.25, 0.3) is 0 Å². The first-order chi connectivity index (χ1) is 5.81. The van der Waals surface area contributed by atoms with Gasteiger partial charge in [0.05, 0.1) is 6.54 Å². The van der Waals surface area contributed by atoms with Crippen LogP contribution in [0.4, 0.5) is 0 Å². The molecular formula is C6H16GdN4O2. The molecule has 0 aliphatic heterocycles. The van der Waals surface area contributed by atoms with Gasteiger partial charge in [-0.2, -0.15) is 5.48 Å². The maximum Gasteiger partial charge on any atom is 0.338 e. The molecule has 0 rings (SSSR count). The molecule has 7 heteroatoms. The van der Waals surface area contributed by atoms with E-state index in [2.05, 4.69) is 15.6 Å². The molecule has 0 unspecified atom stereocenters. The van der Waals surface area contributed by atoms with Crippen molar-refractivity contribution in [3.05, 3.63) is 0 Å². The van der Waals surface area contributed by atoms with Gasteiger partial charge in [-0.15, -0.1) is 0 Å². The number of hydrogen-bond donors (Lipinski definition) is 4. The summed E-state index contributed by atoms with van der Waals surface area (Å²) in [5.74, 6) is -0.364. The number of carbonyl (C=O) groups excluding carboxylic acids is 1. The van der Waals surface area contributed by atoms with Crippen LogP contribution >= 0.6 is 0 Å². The van der Waals surface area contributed by atoms with E-state index < -0.39 is 0 Å². The first-order valence-corrected chi connectivity index (χ1v) is 3.84. The van der Waals surface area contributed by atoms with Crippen LogP contribution in [0.5, 0.6) is 0 Å². The van der Waals surface area contributed by atoms with E-state index in [1.165, 1.54) is 0 Å². The van der Waals surface area contributed by atoms with Crippen molar-refractivity contribution in [2.75, 3.05) is 32.7 Å². The van der Waals surface area contributed by atoms with E-state index in [9.17, 15) is 4.79 Å². The van der Waals surface area contributed by atoms with E-state index in [4.69, 9.17) is 11.5 Å². The Balaban J connectivity index is 0. The maximum absolute atomic E-state index is 10.8. The molecule has 0 fully saturated rings. The third-order valence-electron chi connectivity index (χ3n) is 1.02. The van der Waals surface area contributed by atoms with Gasteiger partial charge in [0.25, 0.3) is 0 Å². The van der Waals surface area contributed by atoms with Gasteiger partial charge in [-0.05, 0) is 0 Å². The van der Waals surface area contributed by atoms with Crippen LogP contribution in [0.15, 0.2) is 0 Å². The molecule has 0 spiro atoms. The molecule has 6 N–H and O–H groups in total.